The number of esters is 1. The van der Waals surface area contributed by atoms with Crippen LogP contribution in [0.25, 0.3) is 11.6 Å². The molecule has 2 aromatic carbocycles. The van der Waals surface area contributed by atoms with Crippen molar-refractivity contribution in [3.8, 4) is 11.5 Å². The van der Waals surface area contributed by atoms with Gasteiger partial charge in [-0.2, -0.15) is 0 Å². The Kier molecular flexibility index (Phi) is 6.68. The molecule has 0 aliphatic heterocycles. The minimum absolute atomic E-state index is 0.0484. The Bertz CT molecular complexity index is 993. The van der Waals surface area contributed by atoms with E-state index in [-0.39, 0.29) is 12.4 Å². The maximum Gasteiger partial charge on any atom is 0.341 e. The van der Waals surface area contributed by atoms with Crippen LogP contribution in [-0.2, 0) is 16.1 Å². The van der Waals surface area contributed by atoms with E-state index in [2.05, 4.69) is 4.98 Å². The van der Waals surface area contributed by atoms with Gasteiger partial charge in [0.15, 0.2) is 11.5 Å². The molecule has 0 atom stereocenters. The molecule has 0 fully saturated rings. The largest absolute Gasteiger partial charge is 0.504 e. The monoisotopic (exact) mass is 392 g/mol. The molecule has 6 nitrogen and oxygen atoms in total. The molecule has 0 saturated carbocycles. The predicted octanol–water partition coefficient (Wildman–Crippen LogP) is 4.14. The van der Waals surface area contributed by atoms with E-state index in [9.17, 15) is 9.90 Å². The van der Waals surface area contributed by atoms with Gasteiger partial charge in [-0.15, -0.1) is 0 Å². The molecule has 0 aliphatic carbocycles. The topological polar surface area (TPSA) is 73.6 Å². The molecule has 1 N–H and O–H groups in total. The molecule has 0 spiro atoms. The summed E-state index contributed by atoms with van der Waals surface area (Å²) in [5.41, 5.74) is 2.13. The Hall–Kier alpha value is -3.54. The average molecular weight is 392 g/mol. The molecule has 1 aromatic heterocycles. The standard InChI is InChI=1S/C23H24N2O4/c1-3-28-21-15-18(10-11-20(21)26)14-19(23(27)29-4-2)22-24-12-13-25(22)16-17-8-6-5-7-9-17/h5-15,26H,3-4,16H2,1-2H3/b19-14+. The average Bonchev–Trinajstić information content (AvgIpc) is 3.17. The fraction of sp³-hybridized carbons (Fsp3) is 0.217. The van der Waals surface area contributed by atoms with Gasteiger partial charge in [0.05, 0.1) is 13.2 Å². The molecule has 0 radical (unpaired) electrons. The maximum atomic E-state index is 12.7. The molecule has 0 amide bonds. The molecule has 29 heavy (non-hydrogen) atoms. The molecule has 1 heterocycles. The van der Waals surface area contributed by atoms with Crippen LogP contribution in [0.3, 0.4) is 0 Å². The molecule has 0 aliphatic rings. The number of phenolic OH excluding ortho intramolecular Hbond substituents is 1. The van der Waals surface area contributed by atoms with Crippen LogP contribution < -0.4 is 4.74 Å². The number of aromatic hydroxyl groups is 1. The third kappa shape index (κ3) is 5.04. The van der Waals surface area contributed by atoms with E-state index >= 15 is 0 Å². The van der Waals surface area contributed by atoms with Crippen molar-refractivity contribution in [1.29, 1.82) is 0 Å². The highest BCUT2D eigenvalue weighted by Crippen LogP contribution is 2.29. The molecule has 3 rings (SSSR count). The van der Waals surface area contributed by atoms with E-state index in [1.807, 2.05) is 48.0 Å². The zero-order valence-corrected chi connectivity index (χ0v) is 16.5. The van der Waals surface area contributed by atoms with Crippen LogP contribution in [0.15, 0.2) is 60.9 Å². The second-order valence-corrected chi connectivity index (χ2v) is 6.30. The summed E-state index contributed by atoms with van der Waals surface area (Å²) in [6.07, 6.45) is 5.19. The number of nitrogens with zero attached hydrogens (tertiary/aromatic N) is 2. The summed E-state index contributed by atoms with van der Waals surface area (Å²) in [5.74, 6) is 0.460. The maximum absolute atomic E-state index is 12.7. The van der Waals surface area contributed by atoms with E-state index < -0.39 is 5.97 Å². The van der Waals surface area contributed by atoms with Crippen molar-refractivity contribution >= 4 is 17.6 Å². The van der Waals surface area contributed by atoms with E-state index in [0.717, 1.165) is 5.56 Å². The summed E-state index contributed by atoms with van der Waals surface area (Å²) in [7, 11) is 0. The number of rotatable bonds is 8. The molecule has 150 valence electrons. The van der Waals surface area contributed by atoms with Gasteiger partial charge in [-0.25, -0.2) is 9.78 Å². The second kappa shape index (κ2) is 9.59. The minimum Gasteiger partial charge on any atom is -0.504 e. The third-order valence-corrected chi connectivity index (χ3v) is 4.24. The predicted molar refractivity (Wildman–Crippen MR) is 112 cm³/mol. The Balaban J connectivity index is 2.01. The quantitative estimate of drug-likeness (QED) is 0.461. The Labute approximate surface area is 170 Å². The number of imidazole rings is 1. The van der Waals surface area contributed by atoms with E-state index in [0.29, 0.717) is 35.9 Å². The van der Waals surface area contributed by atoms with Crippen molar-refractivity contribution in [3.63, 3.8) is 0 Å². The molecule has 0 unspecified atom stereocenters. The highest BCUT2D eigenvalue weighted by atomic mass is 16.5. The fourth-order valence-corrected chi connectivity index (χ4v) is 2.94. The zero-order valence-electron chi connectivity index (χ0n) is 16.5. The highest BCUT2D eigenvalue weighted by Gasteiger charge is 2.19. The summed E-state index contributed by atoms with van der Waals surface area (Å²) < 4.78 is 12.6. The van der Waals surface area contributed by atoms with Gasteiger partial charge in [0.2, 0.25) is 0 Å². The van der Waals surface area contributed by atoms with E-state index in [4.69, 9.17) is 9.47 Å². The van der Waals surface area contributed by atoms with E-state index in [1.54, 1.807) is 31.3 Å². The van der Waals surface area contributed by atoms with Crippen molar-refractivity contribution in [3.05, 3.63) is 77.9 Å². The van der Waals surface area contributed by atoms with Gasteiger partial charge in [0.25, 0.3) is 0 Å². The van der Waals surface area contributed by atoms with Crippen LogP contribution in [0.4, 0.5) is 0 Å². The van der Waals surface area contributed by atoms with Crippen molar-refractivity contribution < 1.29 is 19.4 Å². The lowest BCUT2D eigenvalue weighted by Gasteiger charge is -2.12. The number of hydrogen-bond donors (Lipinski definition) is 1. The van der Waals surface area contributed by atoms with Crippen LogP contribution in [-0.4, -0.2) is 33.8 Å². The molecule has 3 aromatic rings. The van der Waals surface area contributed by atoms with Gasteiger partial charge in [-0.1, -0.05) is 36.4 Å². The van der Waals surface area contributed by atoms with Gasteiger partial charge in [-0.3, -0.25) is 0 Å². The van der Waals surface area contributed by atoms with Gasteiger partial charge in [0, 0.05) is 18.9 Å². The lowest BCUT2D eigenvalue weighted by atomic mass is 10.1. The lowest BCUT2D eigenvalue weighted by Crippen LogP contribution is -2.12. The van der Waals surface area contributed by atoms with E-state index in [1.165, 1.54) is 6.07 Å². The molecular formula is C23H24N2O4. The van der Waals surface area contributed by atoms with Crippen LogP contribution in [0.5, 0.6) is 11.5 Å². The normalized spacial score (nSPS) is 11.3. The highest BCUT2D eigenvalue weighted by molar-refractivity contribution is 6.20. The molecule has 0 bridgehead atoms. The Morgan fingerprint density at radius 3 is 2.66 bits per heavy atom. The summed E-state index contributed by atoms with van der Waals surface area (Å²) in [4.78, 5) is 17.1. The zero-order chi connectivity index (χ0) is 20.6. The third-order valence-electron chi connectivity index (χ3n) is 4.24. The van der Waals surface area contributed by atoms with Crippen molar-refractivity contribution in [2.24, 2.45) is 0 Å². The first kappa shape index (κ1) is 20.2. The first-order chi connectivity index (χ1) is 14.1. The first-order valence-electron chi connectivity index (χ1n) is 9.52. The number of carbonyl (C=O) groups excluding carboxylic acids is 1. The van der Waals surface area contributed by atoms with Crippen LogP contribution >= 0.6 is 0 Å². The van der Waals surface area contributed by atoms with Crippen LogP contribution in [0.2, 0.25) is 0 Å². The van der Waals surface area contributed by atoms with Crippen LogP contribution in [0.1, 0.15) is 30.8 Å². The molecule has 6 heteroatoms. The smallest absolute Gasteiger partial charge is 0.341 e. The number of aromatic nitrogens is 2. The number of carbonyl (C=O) groups is 1. The van der Waals surface area contributed by atoms with Crippen molar-refractivity contribution in [2.45, 2.75) is 20.4 Å². The number of phenols is 1. The first-order valence-corrected chi connectivity index (χ1v) is 9.52. The fourth-order valence-electron chi connectivity index (χ4n) is 2.94. The molecule has 0 saturated heterocycles. The number of benzene rings is 2. The summed E-state index contributed by atoms with van der Waals surface area (Å²) in [6.45, 7) is 4.86. The lowest BCUT2D eigenvalue weighted by molar-refractivity contribution is -0.136. The number of hydrogen-bond acceptors (Lipinski definition) is 5. The molecular weight excluding hydrogens is 368 g/mol. The summed E-state index contributed by atoms with van der Waals surface area (Å²) >= 11 is 0. The van der Waals surface area contributed by atoms with Gasteiger partial charge < -0.3 is 19.1 Å². The van der Waals surface area contributed by atoms with Gasteiger partial charge in [-0.05, 0) is 43.2 Å². The summed E-state index contributed by atoms with van der Waals surface area (Å²) in [6, 6.07) is 14.9. The van der Waals surface area contributed by atoms with Crippen molar-refractivity contribution in [2.75, 3.05) is 13.2 Å². The SMILES string of the molecule is CCOC(=O)/C(=C/c1ccc(O)c(OCC)c1)c1nccn1Cc1ccccc1. The summed E-state index contributed by atoms with van der Waals surface area (Å²) in [5, 5.41) is 9.93. The Morgan fingerprint density at radius 1 is 1.14 bits per heavy atom. The Morgan fingerprint density at radius 2 is 1.93 bits per heavy atom. The second-order valence-electron chi connectivity index (χ2n) is 6.30. The van der Waals surface area contributed by atoms with Crippen molar-refractivity contribution in [1.82, 2.24) is 9.55 Å². The minimum atomic E-state index is -0.459. The van der Waals surface area contributed by atoms with Gasteiger partial charge in [0.1, 0.15) is 11.4 Å². The van der Waals surface area contributed by atoms with Crippen LogP contribution in [0, 0.1) is 0 Å². The van der Waals surface area contributed by atoms with Gasteiger partial charge >= 0.3 is 5.97 Å². The number of ether oxygens (including phenoxy) is 2.